The molecule has 0 unspecified atom stereocenters. The summed E-state index contributed by atoms with van der Waals surface area (Å²) in [6, 6.07) is 0. The van der Waals surface area contributed by atoms with Gasteiger partial charge in [0.05, 0.1) is 11.6 Å². The van der Waals surface area contributed by atoms with Crippen LogP contribution < -0.4 is 4.90 Å². The monoisotopic (exact) mass is 299 g/mol. The van der Waals surface area contributed by atoms with Crippen LogP contribution in [0.4, 0.5) is 5.82 Å². The first kappa shape index (κ1) is 13.2. The Morgan fingerprint density at radius 3 is 3.05 bits per heavy atom. The van der Waals surface area contributed by atoms with E-state index < -0.39 is 0 Å². The van der Waals surface area contributed by atoms with E-state index in [4.69, 9.17) is 21.3 Å². The van der Waals surface area contributed by atoms with Crippen LogP contribution in [0, 0.1) is 5.92 Å². The first-order valence-corrected chi connectivity index (χ1v) is 8.00. The van der Waals surface area contributed by atoms with Gasteiger partial charge in [-0.2, -0.15) is 0 Å². The van der Waals surface area contributed by atoms with Gasteiger partial charge in [-0.1, -0.05) is 0 Å². The van der Waals surface area contributed by atoms with Crippen LogP contribution >= 0.6 is 22.9 Å². The highest BCUT2D eigenvalue weighted by Crippen LogP contribution is 2.27. The van der Waals surface area contributed by atoms with E-state index >= 15 is 0 Å². The predicted octanol–water partition coefficient (Wildman–Crippen LogP) is 3.00. The number of fused-ring (bicyclic) bond motifs is 1. The summed E-state index contributed by atoms with van der Waals surface area (Å²) in [4.78, 5) is 7.96. The summed E-state index contributed by atoms with van der Waals surface area (Å²) in [5.41, 5.74) is 1.09. The van der Waals surface area contributed by atoms with Gasteiger partial charge in [-0.25, -0.2) is 4.98 Å². The fraction of sp³-hybridized carbons (Fsp3) is 0.615. The molecule has 1 fully saturated rings. The van der Waals surface area contributed by atoms with Crippen LogP contribution in [0.1, 0.15) is 18.5 Å². The second kappa shape index (κ2) is 5.69. The summed E-state index contributed by atoms with van der Waals surface area (Å²) < 4.78 is 7.50. The lowest BCUT2D eigenvalue weighted by molar-refractivity contribution is 0.0685. The number of thiazole rings is 1. The zero-order valence-electron chi connectivity index (χ0n) is 11.0. The molecule has 4 nitrogen and oxygen atoms in total. The number of halogens is 1. The number of hydrogen-bond acceptors (Lipinski definition) is 4. The van der Waals surface area contributed by atoms with E-state index in [1.807, 2.05) is 11.6 Å². The van der Waals surface area contributed by atoms with Gasteiger partial charge in [0.1, 0.15) is 0 Å². The van der Waals surface area contributed by atoms with Crippen molar-refractivity contribution >= 4 is 33.7 Å². The Labute approximate surface area is 121 Å². The molecule has 3 rings (SSSR count). The maximum absolute atomic E-state index is 6.09. The van der Waals surface area contributed by atoms with Crippen LogP contribution in [0.3, 0.4) is 0 Å². The number of alkyl halides is 1. The molecule has 6 heteroatoms. The fourth-order valence-corrected chi connectivity index (χ4v) is 3.63. The minimum Gasteiger partial charge on any atom is -0.381 e. The van der Waals surface area contributed by atoms with Crippen LogP contribution in [0.5, 0.6) is 0 Å². The molecule has 2 aromatic rings. The second-order valence-electron chi connectivity index (χ2n) is 5.01. The Morgan fingerprint density at radius 1 is 1.53 bits per heavy atom. The molecule has 1 aliphatic rings. The second-order valence-corrected chi connectivity index (χ2v) is 6.15. The van der Waals surface area contributed by atoms with Crippen molar-refractivity contribution < 1.29 is 4.74 Å². The van der Waals surface area contributed by atoms with Crippen LogP contribution in [0.25, 0.3) is 4.96 Å². The molecule has 0 aromatic carbocycles. The topological polar surface area (TPSA) is 29.8 Å². The largest absolute Gasteiger partial charge is 0.381 e. The normalized spacial score (nSPS) is 17.2. The molecular weight excluding hydrogens is 282 g/mol. The van der Waals surface area contributed by atoms with Gasteiger partial charge in [0.15, 0.2) is 10.8 Å². The van der Waals surface area contributed by atoms with Crippen molar-refractivity contribution in [2.45, 2.75) is 18.7 Å². The molecule has 1 aliphatic heterocycles. The van der Waals surface area contributed by atoms with Crippen molar-refractivity contribution in [3.05, 3.63) is 17.3 Å². The quantitative estimate of drug-likeness (QED) is 0.813. The Morgan fingerprint density at radius 2 is 2.32 bits per heavy atom. The standard InChI is InChI=1S/C13H18ClN3OS/c1-16(9-10-2-5-18-6-3-10)12-11(8-14)17-4-7-19-13(17)15-12/h4,7,10H,2-3,5-6,8-9H2,1H3. The Balaban J connectivity index is 1.79. The molecule has 1 saturated heterocycles. The minimum absolute atomic E-state index is 0.491. The average molecular weight is 300 g/mol. The first-order chi connectivity index (χ1) is 9.29. The molecule has 0 radical (unpaired) electrons. The maximum Gasteiger partial charge on any atom is 0.195 e. The highest BCUT2D eigenvalue weighted by atomic mass is 35.5. The molecule has 19 heavy (non-hydrogen) atoms. The van der Waals surface area contributed by atoms with E-state index in [1.165, 1.54) is 0 Å². The number of imidazole rings is 1. The molecule has 0 atom stereocenters. The molecular formula is C13H18ClN3OS. The molecule has 0 N–H and O–H groups in total. The van der Waals surface area contributed by atoms with Gasteiger partial charge < -0.3 is 9.64 Å². The highest BCUT2D eigenvalue weighted by Gasteiger charge is 2.20. The van der Waals surface area contributed by atoms with E-state index in [0.717, 1.165) is 49.1 Å². The lowest BCUT2D eigenvalue weighted by Crippen LogP contribution is -2.30. The smallest absolute Gasteiger partial charge is 0.195 e. The van der Waals surface area contributed by atoms with Crippen LogP contribution in [-0.4, -0.2) is 36.2 Å². The summed E-state index contributed by atoms with van der Waals surface area (Å²) in [5, 5.41) is 2.04. The van der Waals surface area contributed by atoms with E-state index in [1.54, 1.807) is 11.3 Å². The number of hydrogen-bond donors (Lipinski definition) is 0. The van der Waals surface area contributed by atoms with Gasteiger partial charge >= 0.3 is 0 Å². The van der Waals surface area contributed by atoms with Gasteiger partial charge in [-0.3, -0.25) is 4.40 Å². The summed E-state index contributed by atoms with van der Waals surface area (Å²) in [7, 11) is 2.11. The predicted molar refractivity (Wildman–Crippen MR) is 79.4 cm³/mol. The van der Waals surface area contributed by atoms with E-state index in [0.29, 0.717) is 11.8 Å². The summed E-state index contributed by atoms with van der Waals surface area (Å²) in [6.07, 6.45) is 4.32. The van der Waals surface area contributed by atoms with Crippen molar-refractivity contribution in [2.24, 2.45) is 5.92 Å². The molecule has 3 heterocycles. The fourth-order valence-electron chi connectivity index (χ4n) is 2.65. The molecule has 0 amide bonds. The van der Waals surface area contributed by atoms with Crippen LogP contribution in [-0.2, 0) is 10.6 Å². The van der Waals surface area contributed by atoms with Crippen LogP contribution in [0.15, 0.2) is 11.6 Å². The number of anilines is 1. The van der Waals surface area contributed by atoms with E-state index in [2.05, 4.69) is 16.3 Å². The number of rotatable bonds is 4. The molecule has 2 aromatic heterocycles. The van der Waals surface area contributed by atoms with Gasteiger partial charge in [-0.15, -0.1) is 22.9 Å². The Bertz CT molecular complexity index is 547. The molecule has 0 bridgehead atoms. The van der Waals surface area contributed by atoms with E-state index in [9.17, 15) is 0 Å². The SMILES string of the molecule is CN(CC1CCOCC1)c1nc2sccn2c1CCl. The average Bonchev–Trinajstić information content (AvgIpc) is 2.99. The Hall–Kier alpha value is -0.780. The summed E-state index contributed by atoms with van der Waals surface area (Å²) in [6.45, 7) is 2.80. The molecule has 0 aliphatic carbocycles. The van der Waals surface area contributed by atoms with Gasteiger partial charge in [0.2, 0.25) is 0 Å². The van der Waals surface area contributed by atoms with Crippen molar-refractivity contribution in [1.82, 2.24) is 9.38 Å². The third-order valence-corrected chi connectivity index (χ3v) is 4.71. The zero-order chi connectivity index (χ0) is 13.2. The lowest BCUT2D eigenvalue weighted by atomic mass is 10.00. The van der Waals surface area contributed by atoms with Crippen LogP contribution in [0.2, 0.25) is 0 Å². The summed E-state index contributed by atoms with van der Waals surface area (Å²) >= 11 is 7.74. The van der Waals surface area contributed by atoms with Gasteiger partial charge in [0, 0.05) is 38.4 Å². The number of aromatic nitrogens is 2. The van der Waals surface area contributed by atoms with Gasteiger partial charge in [0.25, 0.3) is 0 Å². The molecule has 0 saturated carbocycles. The van der Waals surface area contributed by atoms with Crippen molar-refractivity contribution in [3.8, 4) is 0 Å². The van der Waals surface area contributed by atoms with Crippen molar-refractivity contribution in [3.63, 3.8) is 0 Å². The third kappa shape index (κ3) is 2.59. The number of nitrogens with zero attached hydrogens (tertiary/aromatic N) is 3. The lowest BCUT2D eigenvalue weighted by Gasteiger charge is -2.27. The van der Waals surface area contributed by atoms with Crippen molar-refractivity contribution in [2.75, 3.05) is 31.7 Å². The van der Waals surface area contributed by atoms with Gasteiger partial charge in [-0.05, 0) is 18.8 Å². The number of ether oxygens (including phenoxy) is 1. The third-order valence-electron chi connectivity index (χ3n) is 3.70. The van der Waals surface area contributed by atoms with E-state index in [-0.39, 0.29) is 0 Å². The highest BCUT2D eigenvalue weighted by molar-refractivity contribution is 7.15. The minimum atomic E-state index is 0.491. The molecule has 0 spiro atoms. The van der Waals surface area contributed by atoms with Crippen molar-refractivity contribution in [1.29, 1.82) is 0 Å². The Kier molecular flexibility index (Phi) is 3.96. The maximum atomic E-state index is 6.09. The first-order valence-electron chi connectivity index (χ1n) is 6.59. The summed E-state index contributed by atoms with van der Waals surface area (Å²) in [5.74, 6) is 2.21. The molecule has 104 valence electrons. The zero-order valence-corrected chi connectivity index (χ0v) is 12.6.